The molecule has 3 heteroatoms. The lowest BCUT2D eigenvalue weighted by atomic mass is 10.1. The Kier molecular flexibility index (Phi) is 2.39. The Labute approximate surface area is 83.1 Å². The van der Waals surface area contributed by atoms with Crippen LogP contribution >= 0.6 is 0 Å². The minimum Gasteiger partial charge on any atom is -0.500 e. The minimum absolute atomic E-state index is 0.950. The van der Waals surface area contributed by atoms with Gasteiger partial charge < -0.3 is 10.1 Å². The van der Waals surface area contributed by atoms with E-state index in [1.54, 1.807) is 7.11 Å². The van der Waals surface area contributed by atoms with Crippen molar-refractivity contribution in [2.24, 2.45) is 0 Å². The lowest BCUT2D eigenvalue weighted by molar-refractivity contribution is 0.347. The van der Waals surface area contributed by atoms with Crippen LogP contribution in [-0.2, 0) is 4.74 Å². The molecule has 1 aliphatic carbocycles. The van der Waals surface area contributed by atoms with Crippen LogP contribution in [0.2, 0.25) is 0 Å². The maximum atomic E-state index is 5.35. The highest BCUT2D eigenvalue weighted by atomic mass is 16.5. The fraction of sp³-hybridized carbons (Fsp3) is 0.364. The van der Waals surface area contributed by atoms with Gasteiger partial charge in [0.2, 0.25) is 0 Å². The van der Waals surface area contributed by atoms with Crippen molar-refractivity contribution in [1.29, 1.82) is 0 Å². The molecule has 1 aliphatic rings. The Hall–Kier alpha value is -1.51. The second-order valence-electron chi connectivity index (χ2n) is 3.26. The van der Waals surface area contributed by atoms with Gasteiger partial charge in [-0.2, -0.15) is 0 Å². The molecule has 0 atom stereocenters. The summed E-state index contributed by atoms with van der Waals surface area (Å²) in [6.07, 6.45) is 3.74. The summed E-state index contributed by atoms with van der Waals surface area (Å²) in [4.78, 5) is 4.37. The Bertz CT molecular complexity index is 408. The molecule has 0 spiro atoms. The van der Waals surface area contributed by atoms with Crippen LogP contribution < -0.4 is 15.9 Å². The van der Waals surface area contributed by atoms with Crippen LogP contribution in [0.3, 0.4) is 0 Å². The normalized spacial score (nSPS) is 15.0. The standard InChI is InChI=1S/C11H14N2O/c1-12-9-5-6-10(14-2)8-4-3-7-13-11(8)9/h3-4,7,12H,5-6H2,1-2H3. The number of fused-ring (bicyclic) bond motifs is 1. The molecule has 0 unspecified atom stereocenters. The Morgan fingerprint density at radius 1 is 1.43 bits per heavy atom. The molecule has 0 saturated heterocycles. The van der Waals surface area contributed by atoms with Gasteiger partial charge in [0.1, 0.15) is 5.76 Å². The van der Waals surface area contributed by atoms with E-state index < -0.39 is 0 Å². The van der Waals surface area contributed by atoms with Gasteiger partial charge in [-0.05, 0) is 18.6 Å². The van der Waals surface area contributed by atoms with Gasteiger partial charge in [0, 0.05) is 30.6 Å². The van der Waals surface area contributed by atoms with E-state index in [2.05, 4.69) is 16.4 Å². The first kappa shape index (κ1) is 9.06. The van der Waals surface area contributed by atoms with Gasteiger partial charge in [0.05, 0.1) is 12.5 Å². The lowest BCUT2D eigenvalue weighted by Crippen LogP contribution is -2.38. The third kappa shape index (κ3) is 1.35. The molecular formula is C11H14N2O. The Morgan fingerprint density at radius 2 is 2.29 bits per heavy atom. The third-order valence-electron chi connectivity index (χ3n) is 2.54. The van der Waals surface area contributed by atoms with E-state index >= 15 is 0 Å². The molecule has 0 aliphatic heterocycles. The van der Waals surface area contributed by atoms with Crippen LogP contribution in [0.25, 0.3) is 11.5 Å². The van der Waals surface area contributed by atoms with Crippen molar-refractivity contribution in [2.45, 2.75) is 12.8 Å². The van der Waals surface area contributed by atoms with Crippen molar-refractivity contribution in [1.82, 2.24) is 10.3 Å². The largest absolute Gasteiger partial charge is 0.500 e. The number of aromatic nitrogens is 1. The van der Waals surface area contributed by atoms with Crippen LogP contribution in [0, 0.1) is 0 Å². The van der Waals surface area contributed by atoms with E-state index in [0.717, 1.165) is 29.2 Å². The van der Waals surface area contributed by atoms with Gasteiger partial charge in [-0.15, -0.1) is 0 Å². The van der Waals surface area contributed by atoms with Gasteiger partial charge in [0.25, 0.3) is 0 Å². The molecule has 1 N–H and O–H groups in total. The van der Waals surface area contributed by atoms with Gasteiger partial charge in [-0.25, -0.2) is 0 Å². The average Bonchev–Trinajstić information content (AvgIpc) is 2.27. The van der Waals surface area contributed by atoms with E-state index in [1.807, 2.05) is 19.3 Å². The van der Waals surface area contributed by atoms with Gasteiger partial charge in [0.15, 0.2) is 0 Å². The van der Waals surface area contributed by atoms with Crippen LogP contribution in [0.4, 0.5) is 0 Å². The molecule has 2 rings (SSSR count). The topological polar surface area (TPSA) is 34.2 Å². The molecule has 0 bridgehead atoms. The summed E-state index contributed by atoms with van der Waals surface area (Å²) >= 11 is 0. The molecule has 74 valence electrons. The predicted molar refractivity (Wildman–Crippen MR) is 55.6 cm³/mol. The molecule has 0 amide bonds. The summed E-state index contributed by atoms with van der Waals surface area (Å²) in [5.41, 5.74) is 1.20. The quantitative estimate of drug-likeness (QED) is 0.710. The molecule has 1 aromatic rings. The van der Waals surface area contributed by atoms with Crippen molar-refractivity contribution >= 4 is 11.5 Å². The molecule has 0 fully saturated rings. The van der Waals surface area contributed by atoms with Crippen LogP contribution in [-0.4, -0.2) is 19.1 Å². The van der Waals surface area contributed by atoms with Crippen molar-refractivity contribution in [3.05, 3.63) is 28.9 Å². The molecule has 0 radical (unpaired) electrons. The maximum absolute atomic E-state index is 5.35. The highest BCUT2D eigenvalue weighted by molar-refractivity contribution is 5.51. The average molecular weight is 190 g/mol. The van der Waals surface area contributed by atoms with Crippen molar-refractivity contribution in [3.8, 4) is 0 Å². The number of rotatable bonds is 2. The number of nitrogens with zero attached hydrogens (tertiary/aromatic N) is 1. The van der Waals surface area contributed by atoms with Crippen molar-refractivity contribution in [3.63, 3.8) is 0 Å². The van der Waals surface area contributed by atoms with Crippen LogP contribution in [0.15, 0.2) is 18.3 Å². The number of hydrogen-bond acceptors (Lipinski definition) is 3. The van der Waals surface area contributed by atoms with Gasteiger partial charge in [-0.1, -0.05) is 0 Å². The summed E-state index contributed by atoms with van der Waals surface area (Å²) in [5, 5.41) is 5.33. The lowest BCUT2D eigenvalue weighted by Gasteiger charge is -2.14. The number of pyridine rings is 1. The zero-order valence-electron chi connectivity index (χ0n) is 8.50. The van der Waals surface area contributed by atoms with Crippen LogP contribution in [0.5, 0.6) is 0 Å². The monoisotopic (exact) mass is 190 g/mol. The number of hydrogen-bond donors (Lipinski definition) is 1. The van der Waals surface area contributed by atoms with Gasteiger partial charge in [-0.3, -0.25) is 4.98 Å². The summed E-state index contributed by atoms with van der Waals surface area (Å²) < 4.78 is 5.35. The van der Waals surface area contributed by atoms with E-state index in [4.69, 9.17) is 4.74 Å². The molecule has 0 aromatic carbocycles. The maximum Gasteiger partial charge on any atom is 0.105 e. The SMILES string of the molecule is CNC1=c2ncccc2=C(OC)CC1. The fourth-order valence-corrected chi connectivity index (χ4v) is 1.82. The van der Waals surface area contributed by atoms with Crippen LogP contribution in [0.1, 0.15) is 12.8 Å². The molecule has 14 heavy (non-hydrogen) atoms. The summed E-state index contributed by atoms with van der Waals surface area (Å²) in [6.45, 7) is 0. The highest BCUT2D eigenvalue weighted by Gasteiger charge is 2.10. The zero-order valence-corrected chi connectivity index (χ0v) is 8.50. The first-order valence-corrected chi connectivity index (χ1v) is 4.76. The molecule has 1 aromatic heterocycles. The first-order valence-electron chi connectivity index (χ1n) is 4.76. The molecule has 0 saturated carbocycles. The van der Waals surface area contributed by atoms with Crippen molar-refractivity contribution in [2.75, 3.05) is 14.2 Å². The molecule has 1 heterocycles. The summed E-state index contributed by atoms with van der Waals surface area (Å²) in [5.74, 6) is 1.03. The van der Waals surface area contributed by atoms with E-state index in [9.17, 15) is 0 Å². The number of methoxy groups -OCH3 is 1. The van der Waals surface area contributed by atoms with E-state index in [0.29, 0.717) is 0 Å². The highest BCUT2D eigenvalue weighted by Crippen LogP contribution is 2.11. The molecule has 3 nitrogen and oxygen atoms in total. The third-order valence-corrected chi connectivity index (χ3v) is 2.54. The Morgan fingerprint density at radius 3 is 3.00 bits per heavy atom. The first-order chi connectivity index (χ1) is 6.86. The predicted octanol–water partition coefficient (Wildman–Crippen LogP) is -0.0424. The minimum atomic E-state index is 0.950. The van der Waals surface area contributed by atoms with Gasteiger partial charge >= 0.3 is 0 Å². The summed E-state index contributed by atoms with van der Waals surface area (Å²) in [7, 11) is 3.65. The number of nitrogens with one attached hydrogen (secondary N) is 1. The number of ether oxygens (including phenoxy) is 1. The summed E-state index contributed by atoms with van der Waals surface area (Å²) in [6, 6.07) is 3.99. The Balaban J connectivity index is 2.80. The smallest absolute Gasteiger partial charge is 0.105 e. The second-order valence-corrected chi connectivity index (χ2v) is 3.26. The second kappa shape index (κ2) is 3.70. The van der Waals surface area contributed by atoms with E-state index in [-0.39, 0.29) is 0 Å². The zero-order chi connectivity index (χ0) is 9.97. The fourth-order valence-electron chi connectivity index (χ4n) is 1.82. The van der Waals surface area contributed by atoms with Crippen molar-refractivity contribution < 1.29 is 4.74 Å². The van der Waals surface area contributed by atoms with E-state index in [1.165, 1.54) is 5.70 Å². The molecular weight excluding hydrogens is 176 g/mol.